The maximum absolute atomic E-state index is 6.29. The van der Waals surface area contributed by atoms with Gasteiger partial charge in [0.05, 0.1) is 5.01 Å². The van der Waals surface area contributed by atoms with Crippen LogP contribution in [0.15, 0.2) is 29.8 Å². The highest BCUT2D eigenvalue weighted by Gasteiger charge is 2.04. The first-order valence-electron chi connectivity index (χ1n) is 6.16. The molecule has 2 rings (SSSR count). The Bertz CT molecular complexity index is 483. The summed E-state index contributed by atoms with van der Waals surface area (Å²) < 4.78 is 0. The highest BCUT2D eigenvalue weighted by atomic mass is 35.5. The average molecular weight is 281 g/mol. The number of thiazole rings is 1. The fraction of sp³-hybridized carbons (Fsp3) is 0.357. The van der Waals surface area contributed by atoms with E-state index in [2.05, 4.69) is 29.4 Å². The van der Waals surface area contributed by atoms with Gasteiger partial charge in [0.2, 0.25) is 0 Å². The second kappa shape index (κ2) is 6.88. The summed E-state index contributed by atoms with van der Waals surface area (Å²) >= 11 is 7.97. The van der Waals surface area contributed by atoms with Gasteiger partial charge in [-0.3, -0.25) is 0 Å². The van der Waals surface area contributed by atoms with Crippen LogP contribution in [0.3, 0.4) is 0 Å². The molecule has 0 fully saturated rings. The van der Waals surface area contributed by atoms with Gasteiger partial charge < -0.3 is 5.32 Å². The number of benzene rings is 1. The molecule has 0 bridgehead atoms. The topological polar surface area (TPSA) is 24.9 Å². The molecule has 1 N–H and O–H groups in total. The van der Waals surface area contributed by atoms with E-state index in [-0.39, 0.29) is 0 Å². The number of hydrogen-bond donors (Lipinski definition) is 1. The molecule has 18 heavy (non-hydrogen) atoms. The molecule has 0 unspecified atom stereocenters. The third kappa shape index (κ3) is 3.80. The van der Waals surface area contributed by atoms with Gasteiger partial charge in [-0.2, -0.15) is 0 Å². The first-order chi connectivity index (χ1) is 8.79. The minimum absolute atomic E-state index is 0.838. The summed E-state index contributed by atoms with van der Waals surface area (Å²) in [5.74, 6) is 0. The molecule has 1 aromatic carbocycles. The molecule has 0 spiro atoms. The molecule has 0 atom stereocenters. The van der Waals surface area contributed by atoms with E-state index in [4.69, 9.17) is 11.6 Å². The van der Waals surface area contributed by atoms with Gasteiger partial charge in [0, 0.05) is 29.6 Å². The fourth-order valence-electron chi connectivity index (χ4n) is 1.76. The van der Waals surface area contributed by atoms with Gasteiger partial charge in [0.15, 0.2) is 0 Å². The number of rotatable bonds is 6. The van der Waals surface area contributed by atoms with Crippen LogP contribution in [0.25, 0.3) is 0 Å². The van der Waals surface area contributed by atoms with E-state index in [1.807, 2.05) is 17.6 Å². The Hall–Kier alpha value is -0.900. The summed E-state index contributed by atoms with van der Waals surface area (Å²) in [6, 6.07) is 6.29. The van der Waals surface area contributed by atoms with Crippen molar-refractivity contribution in [3.63, 3.8) is 0 Å². The molecule has 0 aliphatic heterocycles. The zero-order valence-electron chi connectivity index (χ0n) is 10.4. The Morgan fingerprint density at radius 3 is 2.94 bits per heavy atom. The molecule has 2 aromatic rings. The summed E-state index contributed by atoms with van der Waals surface area (Å²) in [6.07, 6.45) is 3.84. The number of halogens is 1. The van der Waals surface area contributed by atoms with E-state index in [9.17, 15) is 0 Å². The molecule has 0 aliphatic rings. The zero-order chi connectivity index (χ0) is 12.8. The molecule has 1 heterocycles. The second-order valence-corrected chi connectivity index (χ2v) is 5.59. The Balaban J connectivity index is 2.00. The van der Waals surface area contributed by atoms with Crippen LogP contribution >= 0.6 is 22.9 Å². The minimum atomic E-state index is 0.838. The highest BCUT2D eigenvalue weighted by molar-refractivity contribution is 7.09. The summed E-state index contributed by atoms with van der Waals surface area (Å²) in [5, 5.41) is 7.33. The lowest BCUT2D eigenvalue weighted by Gasteiger charge is -2.07. The van der Waals surface area contributed by atoms with Crippen molar-refractivity contribution in [3.8, 4) is 0 Å². The molecule has 4 heteroatoms. The van der Waals surface area contributed by atoms with Crippen molar-refractivity contribution in [2.75, 3.05) is 6.54 Å². The van der Waals surface area contributed by atoms with Crippen LogP contribution in [0.5, 0.6) is 0 Å². The van der Waals surface area contributed by atoms with Crippen molar-refractivity contribution in [1.82, 2.24) is 10.3 Å². The lowest BCUT2D eigenvalue weighted by atomic mass is 10.1. The third-order valence-corrected chi connectivity index (χ3v) is 3.83. The predicted octanol–water partition coefficient (Wildman–Crippen LogP) is 3.89. The van der Waals surface area contributed by atoms with Gasteiger partial charge in [0.1, 0.15) is 0 Å². The van der Waals surface area contributed by atoms with Crippen molar-refractivity contribution in [2.45, 2.75) is 26.3 Å². The summed E-state index contributed by atoms with van der Waals surface area (Å²) in [4.78, 5) is 4.29. The molecule has 1 aromatic heterocycles. The lowest BCUT2D eigenvalue weighted by molar-refractivity contribution is 0.675. The van der Waals surface area contributed by atoms with Crippen molar-refractivity contribution in [1.29, 1.82) is 0 Å². The SMILES string of the molecule is CCCNCc1ccc(Cc2nccs2)cc1Cl. The molecule has 0 radical (unpaired) electrons. The standard InChI is InChI=1S/C14H17ClN2S/c1-2-5-16-10-12-4-3-11(8-13(12)15)9-14-17-6-7-18-14/h3-4,6-8,16H,2,5,9-10H2,1H3. The van der Waals surface area contributed by atoms with Crippen LogP contribution in [0.2, 0.25) is 5.02 Å². The molecule has 96 valence electrons. The van der Waals surface area contributed by atoms with Gasteiger partial charge in [-0.15, -0.1) is 11.3 Å². The largest absolute Gasteiger partial charge is 0.313 e. The minimum Gasteiger partial charge on any atom is -0.313 e. The van der Waals surface area contributed by atoms with E-state index in [0.29, 0.717) is 0 Å². The van der Waals surface area contributed by atoms with Gasteiger partial charge in [-0.1, -0.05) is 30.7 Å². The van der Waals surface area contributed by atoms with Gasteiger partial charge in [0.25, 0.3) is 0 Å². The second-order valence-electron chi connectivity index (χ2n) is 4.21. The molecule has 0 saturated heterocycles. The summed E-state index contributed by atoms with van der Waals surface area (Å²) in [7, 11) is 0. The molecule has 2 nitrogen and oxygen atoms in total. The number of nitrogens with one attached hydrogen (secondary N) is 1. The van der Waals surface area contributed by atoms with Crippen LogP contribution < -0.4 is 5.32 Å². The number of hydrogen-bond acceptors (Lipinski definition) is 3. The van der Waals surface area contributed by atoms with Crippen molar-refractivity contribution in [2.24, 2.45) is 0 Å². The monoisotopic (exact) mass is 280 g/mol. The van der Waals surface area contributed by atoms with Crippen LogP contribution in [-0.2, 0) is 13.0 Å². The first-order valence-corrected chi connectivity index (χ1v) is 7.41. The Labute approximate surface area is 117 Å². The Morgan fingerprint density at radius 2 is 2.28 bits per heavy atom. The van der Waals surface area contributed by atoms with Gasteiger partial charge in [-0.25, -0.2) is 4.98 Å². The molecular weight excluding hydrogens is 264 g/mol. The Kier molecular flexibility index (Phi) is 5.17. The fourth-order valence-corrected chi connectivity index (χ4v) is 2.68. The smallest absolute Gasteiger partial charge is 0.0968 e. The van der Waals surface area contributed by atoms with Crippen molar-refractivity contribution < 1.29 is 0 Å². The van der Waals surface area contributed by atoms with Crippen molar-refractivity contribution in [3.05, 3.63) is 50.9 Å². The number of aromatic nitrogens is 1. The third-order valence-electron chi connectivity index (χ3n) is 2.70. The molecule has 0 saturated carbocycles. The summed E-state index contributed by atoms with van der Waals surface area (Å²) in [6.45, 7) is 4.02. The van der Waals surface area contributed by atoms with Crippen LogP contribution in [0.1, 0.15) is 29.5 Å². The van der Waals surface area contributed by atoms with E-state index in [0.717, 1.165) is 41.5 Å². The highest BCUT2D eigenvalue weighted by Crippen LogP contribution is 2.20. The normalized spacial score (nSPS) is 10.8. The molecule has 0 amide bonds. The maximum atomic E-state index is 6.29. The zero-order valence-corrected chi connectivity index (χ0v) is 12.0. The van der Waals surface area contributed by atoms with Crippen molar-refractivity contribution >= 4 is 22.9 Å². The Morgan fingerprint density at radius 1 is 1.39 bits per heavy atom. The van der Waals surface area contributed by atoms with Crippen LogP contribution in [-0.4, -0.2) is 11.5 Å². The van der Waals surface area contributed by atoms with E-state index in [1.165, 1.54) is 5.56 Å². The molecule has 0 aliphatic carbocycles. The van der Waals surface area contributed by atoms with Gasteiger partial charge >= 0.3 is 0 Å². The maximum Gasteiger partial charge on any atom is 0.0968 e. The van der Waals surface area contributed by atoms with Crippen LogP contribution in [0.4, 0.5) is 0 Å². The van der Waals surface area contributed by atoms with E-state index < -0.39 is 0 Å². The van der Waals surface area contributed by atoms with Crippen LogP contribution in [0, 0.1) is 0 Å². The van der Waals surface area contributed by atoms with Gasteiger partial charge in [-0.05, 0) is 30.2 Å². The predicted molar refractivity (Wildman–Crippen MR) is 78.4 cm³/mol. The molecular formula is C14H17ClN2S. The van der Waals surface area contributed by atoms with E-state index in [1.54, 1.807) is 11.3 Å². The average Bonchev–Trinajstić information content (AvgIpc) is 2.85. The summed E-state index contributed by atoms with van der Waals surface area (Å²) in [5.41, 5.74) is 2.38. The quantitative estimate of drug-likeness (QED) is 0.812. The number of nitrogens with zero attached hydrogens (tertiary/aromatic N) is 1. The lowest BCUT2D eigenvalue weighted by Crippen LogP contribution is -2.14. The van der Waals surface area contributed by atoms with E-state index >= 15 is 0 Å². The first kappa shape index (κ1) is 13.5.